The van der Waals surface area contributed by atoms with E-state index >= 15 is 0 Å². The predicted octanol–water partition coefficient (Wildman–Crippen LogP) is -2.56. The summed E-state index contributed by atoms with van der Waals surface area (Å²) in [5.41, 5.74) is 1.32. The SMILES string of the molecule is CCC(C)[SiH]1[SiH2][SiH2][SiH2][SiH2]1. The molecule has 0 radical (unpaired) electrons. The molecular formula is C4H18Si5. The van der Waals surface area contributed by atoms with Gasteiger partial charge in [-0.25, -0.2) is 0 Å². The number of hydrogen-bond donors (Lipinski definition) is 0. The van der Waals surface area contributed by atoms with E-state index in [0.717, 1.165) is 34.2 Å². The van der Waals surface area contributed by atoms with E-state index in [1.807, 2.05) is 0 Å². The molecule has 1 aliphatic rings. The van der Waals surface area contributed by atoms with Crippen LogP contribution < -0.4 is 0 Å². The average Bonchev–Trinajstić information content (AvgIpc) is 2.37. The molecule has 0 aliphatic carbocycles. The van der Waals surface area contributed by atoms with Gasteiger partial charge in [0.05, 0.1) is 0 Å². The Balaban J connectivity index is 2.24. The van der Waals surface area contributed by atoms with Crippen LogP contribution in [0.4, 0.5) is 0 Å². The van der Waals surface area contributed by atoms with Crippen molar-refractivity contribution in [3.63, 3.8) is 0 Å². The molecule has 1 rings (SSSR count). The molecule has 0 nitrogen and oxygen atoms in total. The van der Waals surface area contributed by atoms with E-state index in [9.17, 15) is 0 Å². The van der Waals surface area contributed by atoms with Crippen LogP contribution in [0.15, 0.2) is 0 Å². The Labute approximate surface area is 68.0 Å². The minimum Gasteiger partial charge on any atom is -0.0657 e. The Morgan fingerprint density at radius 1 is 1.33 bits per heavy atom. The van der Waals surface area contributed by atoms with Crippen molar-refractivity contribution in [2.45, 2.75) is 25.8 Å². The van der Waals surface area contributed by atoms with Gasteiger partial charge in [0.2, 0.25) is 0 Å². The lowest BCUT2D eigenvalue weighted by atomic mass is 10.4. The van der Waals surface area contributed by atoms with Gasteiger partial charge in [0.25, 0.3) is 0 Å². The lowest BCUT2D eigenvalue weighted by Crippen LogP contribution is -2.29. The first-order chi connectivity index (χ1) is 4.34. The van der Waals surface area contributed by atoms with Gasteiger partial charge in [-0.1, -0.05) is 25.8 Å². The van der Waals surface area contributed by atoms with Crippen molar-refractivity contribution in [1.29, 1.82) is 0 Å². The van der Waals surface area contributed by atoms with E-state index < -0.39 is 0 Å². The van der Waals surface area contributed by atoms with Gasteiger partial charge in [0.15, 0.2) is 0 Å². The fourth-order valence-electron chi connectivity index (χ4n) is 1.86. The first-order valence-corrected chi connectivity index (χ1v) is 23.5. The molecule has 0 N–H and O–H groups in total. The van der Waals surface area contributed by atoms with Crippen molar-refractivity contribution < 1.29 is 0 Å². The summed E-state index contributed by atoms with van der Waals surface area (Å²) in [5.74, 6) is 0. The summed E-state index contributed by atoms with van der Waals surface area (Å²) in [5, 5.41) is 0. The highest BCUT2D eigenvalue weighted by Crippen LogP contribution is 2.12. The second-order valence-corrected chi connectivity index (χ2v) is 49.2. The fourth-order valence-corrected chi connectivity index (χ4v) is 213. The summed E-state index contributed by atoms with van der Waals surface area (Å²) in [6.07, 6.45) is 1.56. The Hall–Kier alpha value is 1.08. The molecule has 1 heterocycles. The van der Waals surface area contributed by atoms with Crippen LogP contribution in [0.1, 0.15) is 20.3 Å². The summed E-state index contributed by atoms with van der Waals surface area (Å²) >= 11 is 0. The van der Waals surface area contributed by atoms with Crippen molar-refractivity contribution in [3.05, 3.63) is 0 Å². The van der Waals surface area contributed by atoms with E-state index in [-0.39, 0.29) is 7.83 Å². The Bertz CT molecular complexity index is 79.0. The molecule has 0 aromatic carbocycles. The molecule has 5 heteroatoms. The van der Waals surface area contributed by atoms with E-state index in [1.54, 1.807) is 6.42 Å². The lowest BCUT2D eigenvalue weighted by Gasteiger charge is -2.13. The van der Waals surface area contributed by atoms with Crippen LogP contribution in [0.5, 0.6) is 0 Å². The highest BCUT2D eigenvalue weighted by atomic mass is 30.1. The number of hydrogen-bond acceptors (Lipinski definition) is 0. The van der Waals surface area contributed by atoms with Crippen LogP contribution in [0.3, 0.4) is 0 Å². The molecule has 1 fully saturated rings. The summed E-state index contributed by atoms with van der Waals surface area (Å²) in [6, 6.07) is 0. The Kier molecular flexibility index (Phi) is 3.70. The normalized spacial score (nSPS) is 41.3. The van der Waals surface area contributed by atoms with Crippen molar-refractivity contribution in [1.82, 2.24) is 0 Å². The first-order valence-electron chi connectivity index (χ1n) is 4.34. The molecule has 0 aromatic rings. The minimum atomic E-state index is 0.226. The molecular weight excluding hydrogens is 188 g/mol. The van der Waals surface area contributed by atoms with Crippen LogP contribution >= 0.6 is 0 Å². The van der Waals surface area contributed by atoms with Gasteiger partial charge in [0.1, 0.15) is 0 Å². The van der Waals surface area contributed by atoms with E-state index in [1.165, 1.54) is 5.54 Å². The zero-order chi connectivity index (χ0) is 6.69. The molecule has 54 valence electrons. The van der Waals surface area contributed by atoms with Gasteiger partial charge >= 0.3 is 0 Å². The number of rotatable bonds is 2. The zero-order valence-electron chi connectivity index (χ0n) is 6.69. The van der Waals surface area contributed by atoms with E-state index in [2.05, 4.69) is 13.8 Å². The molecule has 0 aromatic heterocycles. The quantitative estimate of drug-likeness (QED) is 0.436. The van der Waals surface area contributed by atoms with Crippen LogP contribution in [0.25, 0.3) is 0 Å². The molecule has 1 saturated heterocycles. The van der Waals surface area contributed by atoms with Gasteiger partial charge in [-0.3, -0.25) is 0 Å². The van der Waals surface area contributed by atoms with Gasteiger partial charge < -0.3 is 0 Å². The van der Waals surface area contributed by atoms with Gasteiger partial charge in [-0.2, -0.15) is 0 Å². The van der Waals surface area contributed by atoms with Crippen molar-refractivity contribution in [3.8, 4) is 0 Å². The van der Waals surface area contributed by atoms with Crippen molar-refractivity contribution >= 4 is 42.1 Å². The fraction of sp³-hybridized carbons (Fsp3) is 1.00. The smallest absolute Gasteiger partial charge is 0.00964 e. The molecule has 0 spiro atoms. The second kappa shape index (κ2) is 4.07. The van der Waals surface area contributed by atoms with Crippen LogP contribution in [0.2, 0.25) is 5.54 Å². The standard InChI is InChI=1S/C4H18Si5/c1-3-4(2)9-7-5-6-8-9/h4,9H,3,5-8H2,1-2H3. The maximum Gasteiger partial charge on any atom is 0.00964 e. The van der Waals surface area contributed by atoms with Crippen molar-refractivity contribution in [2.24, 2.45) is 0 Å². The molecule has 0 saturated carbocycles. The maximum atomic E-state index is 2.57. The second-order valence-electron chi connectivity index (χ2n) is 3.43. The molecule has 0 bridgehead atoms. The monoisotopic (exact) mass is 206 g/mol. The summed E-state index contributed by atoms with van der Waals surface area (Å²) in [6.45, 7) is 4.99. The van der Waals surface area contributed by atoms with E-state index in [4.69, 9.17) is 0 Å². The molecule has 1 atom stereocenters. The Morgan fingerprint density at radius 2 is 1.89 bits per heavy atom. The molecule has 1 unspecified atom stereocenters. The summed E-state index contributed by atoms with van der Waals surface area (Å²) < 4.78 is 0. The largest absolute Gasteiger partial charge is 0.0657 e. The third kappa shape index (κ3) is 2.30. The maximum absolute atomic E-state index is 2.57. The van der Waals surface area contributed by atoms with E-state index in [0.29, 0.717) is 0 Å². The summed E-state index contributed by atoms with van der Waals surface area (Å²) in [4.78, 5) is 0. The molecule has 0 amide bonds. The van der Waals surface area contributed by atoms with Gasteiger partial charge in [-0.05, 0) is 34.2 Å². The highest BCUT2D eigenvalue weighted by Gasteiger charge is 2.22. The minimum absolute atomic E-state index is 0.226. The zero-order valence-corrected chi connectivity index (χ0v) is 13.5. The average molecular weight is 207 g/mol. The highest BCUT2D eigenvalue weighted by molar-refractivity contribution is 7.80. The van der Waals surface area contributed by atoms with Crippen LogP contribution in [0, 0.1) is 0 Å². The summed E-state index contributed by atoms with van der Waals surface area (Å²) in [7, 11) is 3.52. The van der Waals surface area contributed by atoms with Crippen LogP contribution in [-0.2, 0) is 0 Å². The Morgan fingerprint density at radius 3 is 2.33 bits per heavy atom. The predicted molar refractivity (Wildman–Crippen MR) is 61.0 cm³/mol. The first kappa shape index (κ1) is 8.18. The molecule has 9 heavy (non-hydrogen) atoms. The van der Waals surface area contributed by atoms with Gasteiger partial charge in [-0.15, -0.1) is 0 Å². The van der Waals surface area contributed by atoms with Crippen molar-refractivity contribution in [2.75, 3.05) is 0 Å². The topological polar surface area (TPSA) is 0 Å². The third-order valence-corrected chi connectivity index (χ3v) is 104. The van der Waals surface area contributed by atoms with Gasteiger partial charge in [0, 0.05) is 7.83 Å². The van der Waals surface area contributed by atoms with Crippen LogP contribution in [-0.4, -0.2) is 42.1 Å². The lowest BCUT2D eigenvalue weighted by molar-refractivity contribution is 0.873. The molecule has 1 aliphatic heterocycles. The third-order valence-electron chi connectivity index (χ3n) is 2.85.